The molecule has 94 valence electrons. The number of hydrogen-bond acceptors (Lipinski definition) is 3. The lowest BCUT2D eigenvalue weighted by atomic mass is 10.1. The molecule has 1 aromatic rings. The molecule has 0 aromatic heterocycles. The zero-order valence-corrected chi connectivity index (χ0v) is 12.0. The van der Waals surface area contributed by atoms with E-state index in [1.807, 2.05) is 18.8 Å². The summed E-state index contributed by atoms with van der Waals surface area (Å²) in [5, 5.41) is 3.92. The van der Waals surface area contributed by atoms with Crippen molar-refractivity contribution in [3.63, 3.8) is 0 Å². The van der Waals surface area contributed by atoms with E-state index in [4.69, 9.17) is 0 Å². The van der Waals surface area contributed by atoms with Gasteiger partial charge >= 0.3 is 0 Å². The quantitative estimate of drug-likeness (QED) is 0.888. The van der Waals surface area contributed by atoms with Crippen molar-refractivity contribution in [1.82, 2.24) is 5.32 Å². The molecule has 1 aromatic carbocycles. The van der Waals surface area contributed by atoms with Crippen molar-refractivity contribution in [3.8, 4) is 0 Å². The number of nitrogens with zero attached hydrogens (tertiary/aromatic N) is 1. The van der Waals surface area contributed by atoms with Gasteiger partial charge in [0.15, 0.2) is 0 Å². The van der Waals surface area contributed by atoms with Gasteiger partial charge in [-0.25, -0.2) is 0 Å². The topological polar surface area (TPSA) is 15.3 Å². The maximum Gasteiger partial charge on any atom is 0.0510 e. The Morgan fingerprint density at radius 1 is 1.41 bits per heavy atom. The maximum absolute atomic E-state index is 3.24. The molecule has 2 nitrogen and oxygen atoms in total. The Labute approximate surface area is 109 Å². The normalized spacial score (nSPS) is 19.3. The second kappa shape index (κ2) is 5.32. The first kappa shape index (κ1) is 12.8. The summed E-state index contributed by atoms with van der Waals surface area (Å²) < 4.78 is 0. The summed E-state index contributed by atoms with van der Waals surface area (Å²) in [4.78, 5) is 4.00. The lowest BCUT2D eigenvalue weighted by Gasteiger charge is -2.35. The van der Waals surface area contributed by atoms with Crippen molar-refractivity contribution in [2.45, 2.75) is 30.9 Å². The van der Waals surface area contributed by atoms with Crippen molar-refractivity contribution < 1.29 is 0 Å². The van der Waals surface area contributed by atoms with Crippen LogP contribution in [0.1, 0.15) is 18.1 Å². The zero-order chi connectivity index (χ0) is 12.4. The lowest BCUT2D eigenvalue weighted by molar-refractivity contribution is 0.703. The van der Waals surface area contributed by atoms with Crippen LogP contribution in [0.4, 0.5) is 5.69 Å². The molecule has 0 saturated heterocycles. The van der Waals surface area contributed by atoms with Gasteiger partial charge in [0.25, 0.3) is 0 Å². The Balaban J connectivity index is 2.34. The average molecular weight is 250 g/mol. The monoisotopic (exact) mass is 250 g/mol. The number of benzene rings is 1. The Bertz CT molecular complexity index is 403. The summed E-state index contributed by atoms with van der Waals surface area (Å²) in [6.45, 7) is 10.0. The number of aryl methyl sites for hydroxylation is 2. The first-order valence-corrected chi connectivity index (χ1v) is 7.17. The largest absolute Gasteiger partial charge is 0.368 e. The van der Waals surface area contributed by atoms with Crippen LogP contribution in [0.5, 0.6) is 0 Å². The highest BCUT2D eigenvalue weighted by molar-refractivity contribution is 8.00. The lowest BCUT2D eigenvalue weighted by Crippen LogP contribution is -2.37. The minimum atomic E-state index is 0.681. The second-order valence-corrected chi connectivity index (χ2v) is 6.36. The Morgan fingerprint density at radius 3 is 2.88 bits per heavy atom. The molecule has 17 heavy (non-hydrogen) atoms. The van der Waals surface area contributed by atoms with Gasteiger partial charge in [-0.15, -0.1) is 11.8 Å². The highest BCUT2D eigenvalue weighted by Gasteiger charge is 2.23. The highest BCUT2D eigenvalue weighted by Crippen LogP contribution is 2.41. The molecule has 2 rings (SSSR count). The predicted octanol–water partition coefficient (Wildman–Crippen LogP) is 2.82. The van der Waals surface area contributed by atoms with Crippen LogP contribution in [0.2, 0.25) is 0 Å². The Hall–Kier alpha value is -0.670. The van der Waals surface area contributed by atoms with E-state index in [0.717, 1.165) is 19.6 Å². The molecule has 0 aliphatic carbocycles. The molecule has 0 radical (unpaired) electrons. The van der Waals surface area contributed by atoms with Gasteiger partial charge in [0.1, 0.15) is 0 Å². The molecule has 0 amide bonds. The summed E-state index contributed by atoms with van der Waals surface area (Å²) in [6, 6.07) is 4.62. The van der Waals surface area contributed by atoms with E-state index >= 15 is 0 Å². The second-order valence-electron chi connectivity index (χ2n) is 4.91. The molecule has 0 fully saturated rings. The smallest absolute Gasteiger partial charge is 0.0510 e. The van der Waals surface area contributed by atoms with Crippen LogP contribution in [0.3, 0.4) is 0 Å². The molecule has 0 spiro atoms. The average Bonchev–Trinajstić information content (AvgIpc) is 2.27. The number of fused-ring (bicyclic) bond motifs is 1. The molecular formula is C14H22N2S. The highest BCUT2D eigenvalue weighted by atomic mass is 32.2. The third kappa shape index (κ3) is 2.78. The van der Waals surface area contributed by atoms with Crippen molar-refractivity contribution in [2.24, 2.45) is 0 Å². The minimum absolute atomic E-state index is 0.681. The summed E-state index contributed by atoms with van der Waals surface area (Å²) in [6.07, 6.45) is 0. The van der Waals surface area contributed by atoms with Crippen molar-refractivity contribution in [1.29, 1.82) is 0 Å². The molecule has 1 atom stereocenters. The molecule has 1 N–H and O–H groups in total. The third-order valence-corrected chi connectivity index (χ3v) is 4.49. The fourth-order valence-corrected chi connectivity index (χ4v) is 3.64. The van der Waals surface area contributed by atoms with E-state index in [1.54, 1.807) is 0 Å². The molecule has 1 heterocycles. The molecule has 1 aliphatic heterocycles. The molecule has 1 unspecified atom stereocenters. The van der Waals surface area contributed by atoms with Crippen molar-refractivity contribution in [3.05, 3.63) is 23.3 Å². The van der Waals surface area contributed by atoms with Gasteiger partial charge in [0, 0.05) is 29.8 Å². The van der Waals surface area contributed by atoms with E-state index in [2.05, 4.69) is 43.1 Å². The van der Waals surface area contributed by atoms with Crippen LogP contribution in [-0.2, 0) is 0 Å². The van der Waals surface area contributed by atoms with E-state index in [-0.39, 0.29) is 0 Å². The third-order valence-electron chi connectivity index (χ3n) is 3.17. The van der Waals surface area contributed by atoms with E-state index < -0.39 is 0 Å². The molecule has 1 aliphatic rings. The van der Waals surface area contributed by atoms with Gasteiger partial charge in [0.05, 0.1) is 5.69 Å². The molecule has 3 heteroatoms. The molecular weight excluding hydrogens is 228 g/mol. The SMILES string of the molecule is CNCCN1CC(C)Sc2c(C)cc(C)cc21. The predicted molar refractivity (Wildman–Crippen MR) is 77.4 cm³/mol. The van der Waals surface area contributed by atoms with Gasteiger partial charge < -0.3 is 10.2 Å². The summed E-state index contributed by atoms with van der Waals surface area (Å²) in [5.41, 5.74) is 4.22. The number of hydrogen-bond donors (Lipinski definition) is 1. The molecule has 0 bridgehead atoms. The van der Waals surface area contributed by atoms with Crippen molar-refractivity contribution >= 4 is 17.4 Å². The maximum atomic E-state index is 3.24. The summed E-state index contributed by atoms with van der Waals surface area (Å²) >= 11 is 2.02. The van der Waals surface area contributed by atoms with Gasteiger partial charge in [-0.05, 0) is 38.1 Å². The summed E-state index contributed by atoms with van der Waals surface area (Å²) in [7, 11) is 2.02. The minimum Gasteiger partial charge on any atom is -0.368 e. The number of anilines is 1. The van der Waals surface area contributed by atoms with Crippen LogP contribution < -0.4 is 10.2 Å². The number of thioether (sulfide) groups is 1. The van der Waals surface area contributed by atoms with E-state index in [9.17, 15) is 0 Å². The van der Waals surface area contributed by atoms with Gasteiger partial charge in [0.2, 0.25) is 0 Å². The molecule has 0 saturated carbocycles. The van der Waals surface area contributed by atoms with E-state index in [1.165, 1.54) is 21.7 Å². The standard InChI is InChI=1S/C14H22N2S/c1-10-7-11(2)14-13(8-10)16(6-5-15-4)9-12(3)17-14/h7-8,12,15H,5-6,9H2,1-4H3. The van der Waals surface area contributed by atoms with Crippen LogP contribution in [0, 0.1) is 13.8 Å². The van der Waals surface area contributed by atoms with E-state index in [0.29, 0.717) is 5.25 Å². The van der Waals surface area contributed by atoms with Crippen LogP contribution in [-0.4, -0.2) is 31.9 Å². The van der Waals surface area contributed by atoms with Crippen molar-refractivity contribution in [2.75, 3.05) is 31.6 Å². The fourth-order valence-electron chi connectivity index (χ4n) is 2.43. The van der Waals surface area contributed by atoms with Gasteiger partial charge in [-0.1, -0.05) is 13.0 Å². The van der Waals surface area contributed by atoms with Gasteiger partial charge in [-0.3, -0.25) is 0 Å². The first-order chi connectivity index (χ1) is 8.11. The first-order valence-electron chi connectivity index (χ1n) is 6.29. The fraction of sp³-hybridized carbons (Fsp3) is 0.571. The summed E-state index contributed by atoms with van der Waals surface area (Å²) in [5.74, 6) is 0. The number of rotatable bonds is 3. The number of nitrogens with one attached hydrogen (secondary N) is 1. The van der Waals surface area contributed by atoms with Crippen LogP contribution in [0.25, 0.3) is 0 Å². The Morgan fingerprint density at radius 2 is 2.18 bits per heavy atom. The van der Waals surface area contributed by atoms with Gasteiger partial charge in [-0.2, -0.15) is 0 Å². The number of likely N-dealkylation sites (N-methyl/N-ethyl adjacent to an activating group) is 1. The van der Waals surface area contributed by atoms with Crippen LogP contribution >= 0.6 is 11.8 Å². The Kier molecular flexibility index (Phi) is 4.00. The zero-order valence-electron chi connectivity index (χ0n) is 11.2. The van der Waals surface area contributed by atoms with Crippen LogP contribution in [0.15, 0.2) is 17.0 Å².